The van der Waals surface area contributed by atoms with Gasteiger partial charge in [-0.1, -0.05) is 61.0 Å². The van der Waals surface area contributed by atoms with Crippen LogP contribution in [0, 0.1) is 5.92 Å². The highest BCUT2D eigenvalue weighted by Gasteiger charge is 2.46. The zero-order chi connectivity index (χ0) is 22.1. The van der Waals surface area contributed by atoms with Crippen molar-refractivity contribution in [3.05, 3.63) is 85.1 Å². The van der Waals surface area contributed by atoms with Crippen LogP contribution in [-0.2, 0) is 5.41 Å². The Morgan fingerprint density at radius 2 is 1.87 bits per heavy atom. The van der Waals surface area contributed by atoms with Gasteiger partial charge < -0.3 is 14.1 Å². The first-order valence-corrected chi connectivity index (χ1v) is 11.2. The number of nitrogens with zero attached hydrogens (tertiary/aromatic N) is 1. The molecule has 1 aliphatic carbocycles. The summed E-state index contributed by atoms with van der Waals surface area (Å²) in [7, 11) is 0. The Labute approximate surface area is 191 Å². The fourth-order valence-corrected chi connectivity index (χ4v) is 5.61. The average molecular weight is 474 g/mol. The third-order valence-electron chi connectivity index (χ3n) is 6.03. The van der Waals surface area contributed by atoms with Crippen molar-refractivity contribution in [2.45, 2.75) is 35.1 Å². The van der Waals surface area contributed by atoms with Gasteiger partial charge in [-0.05, 0) is 30.3 Å². The molecule has 5 rings (SSSR count). The Balaban J connectivity index is 1.74. The van der Waals surface area contributed by atoms with E-state index in [4.69, 9.17) is 27.6 Å². The third-order valence-corrected chi connectivity index (χ3v) is 7.61. The molecule has 158 valence electrons. The maximum absolute atomic E-state index is 13.6. The second-order valence-corrected chi connectivity index (χ2v) is 10.2. The van der Waals surface area contributed by atoms with Crippen LogP contribution in [0.25, 0.3) is 11.0 Å². The monoisotopic (exact) mass is 473 g/mol. The summed E-state index contributed by atoms with van der Waals surface area (Å²) >= 11 is 13.2. The van der Waals surface area contributed by atoms with E-state index >= 15 is 0 Å². The van der Waals surface area contributed by atoms with E-state index in [0.29, 0.717) is 15.0 Å². The van der Waals surface area contributed by atoms with E-state index in [1.807, 2.05) is 26.0 Å². The maximum atomic E-state index is 13.6. The highest BCUT2D eigenvalue weighted by Crippen LogP contribution is 2.50. The summed E-state index contributed by atoms with van der Waals surface area (Å²) in [5.41, 5.74) is -0.722. The summed E-state index contributed by atoms with van der Waals surface area (Å²) in [6.45, 7) is 4.05. The molecule has 1 aliphatic heterocycles. The van der Waals surface area contributed by atoms with Gasteiger partial charge in [0.15, 0.2) is 5.75 Å². The molecule has 0 saturated carbocycles. The van der Waals surface area contributed by atoms with Gasteiger partial charge in [0, 0.05) is 38.0 Å². The normalized spacial score (nSPS) is 21.1. The van der Waals surface area contributed by atoms with Crippen molar-refractivity contribution < 1.29 is 9.52 Å². The maximum Gasteiger partial charge on any atom is 0.354 e. The van der Waals surface area contributed by atoms with Crippen LogP contribution in [0.1, 0.15) is 25.6 Å². The fourth-order valence-electron chi connectivity index (χ4n) is 4.45. The number of aromatic nitrogens is 1. The molecule has 2 unspecified atom stereocenters. The van der Waals surface area contributed by atoms with Crippen molar-refractivity contribution in [3.63, 3.8) is 0 Å². The van der Waals surface area contributed by atoms with Gasteiger partial charge in [0.25, 0.3) is 5.56 Å². The van der Waals surface area contributed by atoms with E-state index in [1.165, 1.54) is 0 Å². The lowest BCUT2D eigenvalue weighted by Crippen LogP contribution is -2.25. The van der Waals surface area contributed by atoms with Crippen LogP contribution in [0.2, 0.25) is 5.02 Å². The Kier molecular flexibility index (Phi) is 4.66. The molecule has 0 radical (unpaired) electrons. The van der Waals surface area contributed by atoms with Crippen molar-refractivity contribution in [1.82, 2.24) is 4.57 Å². The Morgan fingerprint density at radius 1 is 1.16 bits per heavy atom. The standard InChI is InChI=1S/C23H17Cl2NO4S/c1-23(2)14-9-12(25)5-8-15(14)26-17(23)10-16-18(21(26)28)19(27)20(22(29)30-16)31-13-6-3-11(24)4-7-13/h3-10,14-15,27H,1-2H3. The van der Waals surface area contributed by atoms with Crippen molar-refractivity contribution >= 4 is 45.9 Å². The molecule has 0 spiro atoms. The second-order valence-electron chi connectivity index (χ2n) is 8.22. The summed E-state index contributed by atoms with van der Waals surface area (Å²) in [5.74, 6) is -0.410. The van der Waals surface area contributed by atoms with Crippen molar-refractivity contribution in [2.75, 3.05) is 0 Å². The highest BCUT2D eigenvalue weighted by atomic mass is 35.5. The third kappa shape index (κ3) is 3.08. The molecule has 31 heavy (non-hydrogen) atoms. The van der Waals surface area contributed by atoms with Crippen LogP contribution in [0.4, 0.5) is 0 Å². The van der Waals surface area contributed by atoms with Gasteiger partial charge in [-0.15, -0.1) is 0 Å². The molecular weight excluding hydrogens is 457 g/mol. The van der Waals surface area contributed by atoms with Crippen LogP contribution in [-0.4, -0.2) is 9.67 Å². The van der Waals surface area contributed by atoms with E-state index in [1.54, 1.807) is 41.0 Å². The summed E-state index contributed by atoms with van der Waals surface area (Å²) in [4.78, 5) is 26.9. The van der Waals surface area contributed by atoms with Gasteiger partial charge in [0.05, 0.1) is 6.04 Å². The van der Waals surface area contributed by atoms with E-state index in [0.717, 1.165) is 17.5 Å². The van der Waals surface area contributed by atoms with Crippen LogP contribution < -0.4 is 11.2 Å². The Hall–Kier alpha value is -2.41. The summed E-state index contributed by atoms with van der Waals surface area (Å²) in [5, 5.41) is 12.1. The van der Waals surface area contributed by atoms with Gasteiger partial charge in [0.2, 0.25) is 0 Å². The molecule has 3 aromatic rings. The van der Waals surface area contributed by atoms with Gasteiger partial charge in [0.1, 0.15) is 15.9 Å². The van der Waals surface area contributed by atoms with Crippen molar-refractivity contribution in [3.8, 4) is 5.75 Å². The average Bonchev–Trinajstić information content (AvgIpc) is 2.93. The lowest BCUT2D eigenvalue weighted by Gasteiger charge is -2.28. The van der Waals surface area contributed by atoms with Crippen LogP contribution in [0.15, 0.2) is 77.4 Å². The highest BCUT2D eigenvalue weighted by molar-refractivity contribution is 7.99. The lowest BCUT2D eigenvalue weighted by atomic mass is 9.74. The zero-order valence-electron chi connectivity index (χ0n) is 16.6. The minimum Gasteiger partial charge on any atom is -0.505 e. The molecule has 3 heterocycles. The predicted molar refractivity (Wildman–Crippen MR) is 123 cm³/mol. The van der Waals surface area contributed by atoms with Gasteiger partial charge >= 0.3 is 5.63 Å². The summed E-state index contributed by atoms with van der Waals surface area (Å²) in [6.07, 6.45) is 5.62. The minimum atomic E-state index is -0.703. The molecule has 0 saturated heterocycles. The fraction of sp³-hybridized carbons (Fsp3) is 0.217. The number of benzene rings is 1. The summed E-state index contributed by atoms with van der Waals surface area (Å²) in [6, 6.07) is 8.26. The number of pyridine rings is 1. The second kappa shape index (κ2) is 7.05. The predicted octanol–water partition coefficient (Wildman–Crippen LogP) is 5.61. The van der Waals surface area contributed by atoms with E-state index < -0.39 is 16.6 Å². The van der Waals surface area contributed by atoms with Crippen LogP contribution >= 0.6 is 35.0 Å². The van der Waals surface area contributed by atoms with Gasteiger partial charge in [-0.2, -0.15) is 0 Å². The Bertz CT molecular complexity index is 1420. The topological polar surface area (TPSA) is 72.4 Å². The quantitative estimate of drug-likeness (QED) is 0.523. The largest absolute Gasteiger partial charge is 0.505 e. The molecule has 0 amide bonds. The first-order valence-electron chi connectivity index (χ1n) is 9.63. The van der Waals surface area contributed by atoms with Gasteiger partial charge in [-0.3, -0.25) is 4.79 Å². The molecule has 0 bridgehead atoms. The molecule has 2 aromatic heterocycles. The lowest BCUT2D eigenvalue weighted by molar-refractivity contribution is 0.379. The van der Waals surface area contributed by atoms with Crippen LogP contribution in [0.3, 0.4) is 0 Å². The number of hydrogen-bond acceptors (Lipinski definition) is 5. The van der Waals surface area contributed by atoms with E-state index in [9.17, 15) is 14.7 Å². The molecular formula is C23H17Cl2NO4S. The molecule has 1 aromatic carbocycles. The Morgan fingerprint density at radius 3 is 2.58 bits per heavy atom. The number of fused-ring (bicyclic) bond motifs is 4. The number of hydrogen-bond donors (Lipinski definition) is 1. The molecule has 1 N–H and O–H groups in total. The molecule has 5 nitrogen and oxygen atoms in total. The minimum absolute atomic E-state index is 0.00897. The van der Waals surface area contributed by atoms with Crippen LogP contribution in [0.5, 0.6) is 5.75 Å². The molecule has 8 heteroatoms. The van der Waals surface area contributed by atoms with E-state index in [2.05, 4.69) is 0 Å². The molecule has 0 fully saturated rings. The number of allylic oxidation sites excluding steroid dienone is 4. The summed E-state index contributed by atoms with van der Waals surface area (Å²) < 4.78 is 7.17. The van der Waals surface area contributed by atoms with Gasteiger partial charge in [-0.25, -0.2) is 4.79 Å². The van der Waals surface area contributed by atoms with Crippen molar-refractivity contribution in [2.24, 2.45) is 5.92 Å². The number of halogens is 2. The van der Waals surface area contributed by atoms with E-state index in [-0.39, 0.29) is 33.6 Å². The SMILES string of the molecule is CC1(C)c2cc3oc(=O)c(Sc4ccc(Cl)cc4)c(O)c3c(=O)n2C2C=CC(Cl)=CC21. The smallest absolute Gasteiger partial charge is 0.354 e. The molecule has 2 atom stereocenters. The zero-order valence-corrected chi connectivity index (χ0v) is 18.9. The molecule has 2 aliphatic rings. The number of rotatable bonds is 2. The van der Waals surface area contributed by atoms with Crippen molar-refractivity contribution in [1.29, 1.82) is 0 Å². The number of aromatic hydroxyl groups is 1. The first-order chi connectivity index (χ1) is 14.7. The first kappa shape index (κ1) is 20.5.